The Morgan fingerprint density at radius 2 is 2.00 bits per heavy atom. The molecule has 3 nitrogen and oxygen atoms in total. The molecular weight excluding hydrogens is 152 g/mol. The minimum absolute atomic E-state index is 0.153. The van der Waals surface area contributed by atoms with Gasteiger partial charge in [-0.3, -0.25) is 4.18 Å². The average molecular weight is 164 g/mol. The van der Waals surface area contributed by atoms with Gasteiger partial charge in [0.25, 0.3) is 10.1 Å². The van der Waals surface area contributed by atoms with E-state index in [0.29, 0.717) is 6.42 Å². The maximum Gasteiger partial charge on any atom is 0.272 e. The highest BCUT2D eigenvalue weighted by molar-refractivity contribution is 7.88. The Bertz CT molecular complexity index is 227. The maximum atomic E-state index is 11.1. The lowest BCUT2D eigenvalue weighted by atomic mass is 10.1. The van der Waals surface area contributed by atoms with Gasteiger partial charge in [-0.15, -0.1) is 0 Å². The van der Waals surface area contributed by atoms with Gasteiger partial charge in [-0.05, 0) is 27.2 Å². The molecule has 1 fully saturated rings. The highest BCUT2D eigenvalue weighted by Gasteiger charge is 2.44. The van der Waals surface area contributed by atoms with E-state index in [2.05, 4.69) is 0 Å². The van der Waals surface area contributed by atoms with Gasteiger partial charge in [-0.1, -0.05) is 0 Å². The number of rotatable bonds is 0. The standard InChI is InChI=1S/C6H12O3S/c1-5-4-6(2,3)10(7,8)9-5/h5H,4H2,1-3H3/t5-/m1/s1. The van der Waals surface area contributed by atoms with Crippen molar-refractivity contribution in [3.8, 4) is 0 Å². The van der Waals surface area contributed by atoms with E-state index < -0.39 is 14.9 Å². The van der Waals surface area contributed by atoms with Crippen LogP contribution in [0.4, 0.5) is 0 Å². The third kappa shape index (κ3) is 1.06. The van der Waals surface area contributed by atoms with Crippen molar-refractivity contribution in [2.45, 2.75) is 38.0 Å². The molecule has 1 aliphatic rings. The maximum absolute atomic E-state index is 11.1. The average Bonchev–Trinajstić information content (AvgIpc) is 1.73. The summed E-state index contributed by atoms with van der Waals surface area (Å²) in [6.45, 7) is 5.14. The Balaban J connectivity index is 3.01. The molecule has 1 aliphatic heterocycles. The summed E-state index contributed by atoms with van der Waals surface area (Å²) in [5.74, 6) is 0. The quantitative estimate of drug-likeness (QED) is 0.500. The summed E-state index contributed by atoms with van der Waals surface area (Å²) < 4.78 is 26.2. The molecule has 1 heterocycles. The molecule has 0 radical (unpaired) electrons. The normalized spacial score (nSPS) is 36.1. The lowest BCUT2D eigenvalue weighted by Crippen LogP contribution is -2.25. The Morgan fingerprint density at radius 3 is 2.10 bits per heavy atom. The Labute approximate surface area is 61.5 Å². The third-order valence-corrected chi connectivity index (χ3v) is 3.85. The van der Waals surface area contributed by atoms with Crippen LogP contribution < -0.4 is 0 Å². The van der Waals surface area contributed by atoms with Crippen molar-refractivity contribution in [2.75, 3.05) is 0 Å². The molecule has 1 atom stereocenters. The summed E-state index contributed by atoms with van der Waals surface area (Å²) in [7, 11) is -3.27. The van der Waals surface area contributed by atoms with E-state index in [9.17, 15) is 8.42 Å². The topological polar surface area (TPSA) is 43.4 Å². The van der Waals surface area contributed by atoms with Crippen molar-refractivity contribution in [1.29, 1.82) is 0 Å². The first kappa shape index (κ1) is 8.01. The summed E-state index contributed by atoms with van der Waals surface area (Å²) in [4.78, 5) is 0. The van der Waals surface area contributed by atoms with E-state index in [0.717, 1.165) is 0 Å². The summed E-state index contributed by atoms with van der Waals surface area (Å²) in [6.07, 6.45) is 0.440. The summed E-state index contributed by atoms with van der Waals surface area (Å²) in [6, 6.07) is 0. The van der Waals surface area contributed by atoms with Crippen LogP contribution in [0, 0.1) is 0 Å². The Hall–Kier alpha value is -0.0900. The van der Waals surface area contributed by atoms with Crippen LogP contribution in [0.25, 0.3) is 0 Å². The SMILES string of the molecule is C[C@@H]1CC(C)(C)S(=O)(=O)O1. The van der Waals surface area contributed by atoms with E-state index in [-0.39, 0.29) is 6.10 Å². The van der Waals surface area contributed by atoms with Gasteiger partial charge in [0.15, 0.2) is 0 Å². The first-order valence-electron chi connectivity index (χ1n) is 3.28. The minimum atomic E-state index is -3.27. The zero-order valence-electron chi connectivity index (χ0n) is 6.42. The minimum Gasteiger partial charge on any atom is -0.267 e. The molecule has 1 rings (SSSR count). The molecule has 0 aromatic carbocycles. The molecule has 1 saturated heterocycles. The van der Waals surface area contributed by atoms with Gasteiger partial charge in [0.2, 0.25) is 0 Å². The fourth-order valence-corrected chi connectivity index (χ4v) is 2.37. The molecule has 0 N–H and O–H groups in total. The van der Waals surface area contributed by atoms with Gasteiger partial charge in [0.1, 0.15) is 0 Å². The van der Waals surface area contributed by atoms with Crippen molar-refractivity contribution < 1.29 is 12.6 Å². The number of hydrogen-bond donors (Lipinski definition) is 0. The van der Waals surface area contributed by atoms with Gasteiger partial charge in [-0.25, -0.2) is 0 Å². The Morgan fingerprint density at radius 1 is 1.50 bits per heavy atom. The first-order valence-corrected chi connectivity index (χ1v) is 4.69. The molecule has 0 aromatic rings. The lowest BCUT2D eigenvalue weighted by molar-refractivity contribution is 0.255. The van der Waals surface area contributed by atoms with Crippen LogP contribution in [-0.4, -0.2) is 19.3 Å². The van der Waals surface area contributed by atoms with E-state index in [4.69, 9.17) is 4.18 Å². The molecular formula is C6H12O3S. The predicted octanol–water partition coefficient (Wildman–Crippen LogP) is 0.904. The second-order valence-electron chi connectivity index (χ2n) is 3.32. The van der Waals surface area contributed by atoms with Crippen molar-refractivity contribution in [2.24, 2.45) is 0 Å². The van der Waals surface area contributed by atoms with E-state index in [1.165, 1.54) is 0 Å². The highest BCUT2D eigenvalue weighted by atomic mass is 32.2. The summed E-state index contributed by atoms with van der Waals surface area (Å²) in [5.41, 5.74) is 0. The molecule has 4 heteroatoms. The lowest BCUT2D eigenvalue weighted by Gasteiger charge is -2.11. The van der Waals surface area contributed by atoms with Crippen molar-refractivity contribution in [3.05, 3.63) is 0 Å². The van der Waals surface area contributed by atoms with Crippen LogP contribution >= 0.6 is 0 Å². The zero-order chi connectivity index (χ0) is 7.99. The molecule has 60 valence electrons. The molecule has 0 bridgehead atoms. The number of hydrogen-bond acceptors (Lipinski definition) is 3. The largest absolute Gasteiger partial charge is 0.272 e. The fraction of sp³-hybridized carbons (Fsp3) is 1.00. The van der Waals surface area contributed by atoms with Gasteiger partial charge < -0.3 is 0 Å². The van der Waals surface area contributed by atoms with Crippen LogP contribution in [0.3, 0.4) is 0 Å². The van der Waals surface area contributed by atoms with E-state index >= 15 is 0 Å². The van der Waals surface area contributed by atoms with Crippen LogP contribution in [0.2, 0.25) is 0 Å². The van der Waals surface area contributed by atoms with E-state index in [1.54, 1.807) is 20.8 Å². The van der Waals surface area contributed by atoms with Crippen LogP contribution in [-0.2, 0) is 14.3 Å². The van der Waals surface area contributed by atoms with Gasteiger partial charge >= 0.3 is 0 Å². The summed E-state index contributed by atoms with van der Waals surface area (Å²) >= 11 is 0. The van der Waals surface area contributed by atoms with Crippen LogP contribution in [0.1, 0.15) is 27.2 Å². The van der Waals surface area contributed by atoms with Crippen molar-refractivity contribution in [3.63, 3.8) is 0 Å². The van der Waals surface area contributed by atoms with E-state index in [1.807, 2.05) is 0 Å². The van der Waals surface area contributed by atoms with Gasteiger partial charge in [-0.2, -0.15) is 8.42 Å². The van der Waals surface area contributed by atoms with Crippen molar-refractivity contribution in [1.82, 2.24) is 0 Å². The predicted molar refractivity (Wildman–Crippen MR) is 38.2 cm³/mol. The van der Waals surface area contributed by atoms with Crippen LogP contribution in [0.15, 0.2) is 0 Å². The molecule has 0 aliphatic carbocycles. The van der Waals surface area contributed by atoms with Crippen molar-refractivity contribution >= 4 is 10.1 Å². The van der Waals surface area contributed by atoms with Gasteiger partial charge in [0, 0.05) is 0 Å². The second kappa shape index (κ2) is 1.95. The molecule has 0 unspecified atom stereocenters. The smallest absolute Gasteiger partial charge is 0.267 e. The summed E-state index contributed by atoms with van der Waals surface area (Å²) in [5, 5.41) is 0. The monoisotopic (exact) mass is 164 g/mol. The highest BCUT2D eigenvalue weighted by Crippen LogP contribution is 2.33. The molecule has 0 aromatic heterocycles. The molecule has 0 spiro atoms. The molecule has 10 heavy (non-hydrogen) atoms. The Kier molecular flexibility index (Phi) is 1.56. The second-order valence-corrected chi connectivity index (χ2v) is 5.53. The first-order chi connectivity index (χ1) is 4.35. The third-order valence-electron chi connectivity index (χ3n) is 1.75. The zero-order valence-corrected chi connectivity index (χ0v) is 7.23. The molecule has 0 saturated carbocycles. The van der Waals surface area contributed by atoms with Crippen LogP contribution in [0.5, 0.6) is 0 Å². The fourth-order valence-electron chi connectivity index (χ4n) is 1.17. The molecule has 0 amide bonds. The van der Waals surface area contributed by atoms with Gasteiger partial charge in [0.05, 0.1) is 10.9 Å².